The van der Waals surface area contributed by atoms with Crippen LogP contribution in [0.25, 0.3) is 0 Å². The SMILES string of the molecule is COc1cccc(CNC(=O)C(C)N2CCC(N(C)CC(=O)O)CC2)c1. The highest BCUT2D eigenvalue weighted by Gasteiger charge is 2.28. The average molecular weight is 363 g/mol. The second-order valence-corrected chi connectivity index (χ2v) is 6.82. The van der Waals surface area contributed by atoms with Crippen molar-refractivity contribution in [3.05, 3.63) is 29.8 Å². The van der Waals surface area contributed by atoms with Crippen LogP contribution in [0.4, 0.5) is 0 Å². The molecular formula is C19H29N3O4. The van der Waals surface area contributed by atoms with Gasteiger partial charge in [-0.3, -0.25) is 19.4 Å². The molecule has 7 nitrogen and oxygen atoms in total. The number of methoxy groups -OCH3 is 1. The number of aliphatic carboxylic acids is 1. The third-order valence-electron chi connectivity index (χ3n) is 5.04. The Kier molecular flexibility index (Phi) is 7.41. The van der Waals surface area contributed by atoms with Gasteiger partial charge in [0.1, 0.15) is 5.75 Å². The van der Waals surface area contributed by atoms with Crippen LogP contribution < -0.4 is 10.1 Å². The van der Waals surface area contributed by atoms with E-state index < -0.39 is 5.97 Å². The molecule has 1 fully saturated rings. The van der Waals surface area contributed by atoms with E-state index in [1.54, 1.807) is 7.11 Å². The quantitative estimate of drug-likeness (QED) is 0.722. The van der Waals surface area contributed by atoms with Crippen LogP contribution in [0.2, 0.25) is 0 Å². The number of carbonyl (C=O) groups is 2. The van der Waals surface area contributed by atoms with Gasteiger partial charge in [-0.2, -0.15) is 0 Å². The highest BCUT2D eigenvalue weighted by Crippen LogP contribution is 2.18. The standard InChI is InChI=1S/C19H29N3O4/c1-14(19(25)20-12-15-5-4-6-17(11-15)26-3)22-9-7-16(8-10-22)21(2)13-18(23)24/h4-6,11,14,16H,7-10,12-13H2,1-3H3,(H,20,25)(H,23,24). The molecule has 1 saturated heterocycles. The lowest BCUT2D eigenvalue weighted by Gasteiger charge is -2.38. The molecule has 2 rings (SSSR count). The molecule has 1 aliphatic heterocycles. The molecule has 0 spiro atoms. The Balaban J connectivity index is 1.79. The molecule has 2 N–H and O–H groups in total. The number of hydrogen-bond acceptors (Lipinski definition) is 5. The van der Waals surface area contributed by atoms with Gasteiger partial charge in [-0.1, -0.05) is 12.1 Å². The Morgan fingerprint density at radius 1 is 1.38 bits per heavy atom. The first-order valence-corrected chi connectivity index (χ1v) is 8.97. The Morgan fingerprint density at radius 3 is 2.69 bits per heavy atom. The minimum atomic E-state index is -0.805. The monoisotopic (exact) mass is 363 g/mol. The number of piperidine rings is 1. The van der Waals surface area contributed by atoms with Gasteiger partial charge < -0.3 is 15.2 Å². The van der Waals surface area contributed by atoms with Crippen molar-refractivity contribution in [3.8, 4) is 5.75 Å². The van der Waals surface area contributed by atoms with Gasteiger partial charge in [0.15, 0.2) is 0 Å². The van der Waals surface area contributed by atoms with Crippen molar-refractivity contribution in [2.75, 3.05) is 33.8 Å². The lowest BCUT2D eigenvalue weighted by Crippen LogP contribution is -2.51. The summed E-state index contributed by atoms with van der Waals surface area (Å²) in [5, 5.41) is 11.9. The molecule has 1 amide bonds. The van der Waals surface area contributed by atoms with E-state index in [0.717, 1.165) is 37.2 Å². The van der Waals surface area contributed by atoms with Gasteiger partial charge in [0.25, 0.3) is 0 Å². The van der Waals surface area contributed by atoms with E-state index in [2.05, 4.69) is 10.2 Å². The van der Waals surface area contributed by atoms with Crippen molar-refractivity contribution in [3.63, 3.8) is 0 Å². The van der Waals surface area contributed by atoms with E-state index >= 15 is 0 Å². The van der Waals surface area contributed by atoms with Gasteiger partial charge in [0.05, 0.1) is 19.7 Å². The number of amides is 1. The average Bonchev–Trinajstić information content (AvgIpc) is 2.65. The maximum atomic E-state index is 12.5. The summed E-state index contributed by atoms with van der Waals surface area (Å²) in [5.74, 6) is -0.0253. The molecule has 0 saturated carbocycles. The lowest BCUT2D eigenvalue weighted by atomic mass is 10.0. The van der Waals surface area contributed by atoms with Crippen LogP contribution in [0.15, 0.2) is 24.3 Å². The smallest absolute Gasteiger partial charge is 0.317 e. The number of carboxylic acids is 1. The number of ether oxygens (including phenoxy) is 1. The molecule has 26 heavy (non-hydrogen) atoms. The van der Waals surface area contributed by atoms with Crippen LogP contribution in [-0.2, 0) is 16.1 Å². The predicted molar refractivity (Wildman–Crippen MR) is 99.2 cm³/mol. The summed E-state index contributed by atoms with van der Waals surface area (Å²) in [6, 6.07) is 7.70. The molecule has 7 heteroatoms. The van der Waals surface area contributed by atoms with Crippen LogP contribution in [0.5, 0.6) is 5.75 Å². The molecule has 1 heterocycles. The fourth-order valence-electron chi connectivity index (χ4n) is 3.34. The number of carboxylic acid groups (broad SMARTS) is 1. The summed E-state index contributed by atoms with van der Waals surface area (Å²) in [6.45, 7) is 4.03. The van der Waals surface area contributed by atoms with E-state index in [9.17, 15) is 9.59 Å². The van der Waals surface area contributed by atoms with Crippen molar-refractivity contribution in [1.82, 2.24) is 15.1 Å². The number of nitrogens with zero attached hydrogens (tertiary/aromatic N) is 2. The summed E-state index contributed by atoms with van der Waals surface area (Å²) in [7, 11) is 3.47. The minimum absolute atomic E-state index is 0.00478. The molecule has 0 aromatic heterocycles. The van der Waals surface area contributed by atoms with Crippen LogP contribution in [0, 0.1) is 0 Å². The first kappa shape index (κ1) is 20.2. The van der Waals surface area contributed by atoms with E-state index in [0.29, 0.717) is 6.54 Å². The lowest BCUT2D eigenvalue weighted by molar-refractivity contribution is -0.138. The van der Waals surface area contributed by atoms with Gasteiger partial charge in [-0.15, -0.1) is 0 Å². The highest BCUT2D eigenvalue weighted by atomic mass is 16.5. The number of benzene rings is 1. The second-order valence-electron chi connectivity index (χ2n) is 6.82. The third kappa shape index (κ3) is 5.71. The third-order valence-corrected chi connectivity index (χ3v) is 5.04. The number of likely N-dealkylation sites (tertiary alicyclic amines) is 1. The first-order valence-electron chi connectivity index (χ1n) is 8.97. The van der Waals surface area contributed by atoms with Gasteiger partial charge in [0, 0.05) is 25.7 Å². The van der Waals surface area contributed by atoms with Gasteiger partial charge in [-0.05, 0) is 44.5 Å². The van der Waals surface area contributed by atoms with E-state index in [-0.39, 0.29) is 24.5 Å². The normalized spacial score (nSPS) is 17.1. The zero-order chi connectivity index (χ0) is 19.1. The molecule has 0 radical (unpaired) electrons. The maximum absolute atomic E-state index is 12.5. The molecular weight excluding hydrogens is 334 g/mol. The van der Waals surface area contributed by atoms with Crippen LogP contribution >= 0.6 is 0 Å². The van der Waals surface area contributed by atoms with Crippen molar-refractivity contribution in [2.45, 2.75) is 38.4 Å². The second kappa shape index (κ2) is 9.54. The van der Waals surface area contributed by atoms with Crippen LogP contribution in [0.1, 0.15) is 25.3 Å². The molecule has 0 aliphatic carbocycles. The Labute approximate surface area is 154 Å². The van der Waals surface area contributed by atoms with Crippen molar-refractivity contribution >= 4 is 11.9 Å². The largest absolute Gasteiger partial charge is 0.497 e. The van der Waals surface area contributed by atoms with Crippen LogP contribution in [0.3, 0.4) is 0 Å². The first-order chi connectivity index (χ1) is 12.4. The Hall–Kier alpha value is -2.12. The van der Waals surface area contributed by atoms with E-state index in [1.165, 1.54) is 0 Å². The Bertz CT molecular complexity index is 615. The molecule has 1 aromatic carbocycles. The number of nitrogens with one attached hydrogen (secondary N) is 1. The minimum Gasteiger partial charge on any atom is -0.497 e. The number of likely N-dealkylation sites (N-methyl/N-ethyl adjacent to an activating group) is 1. The fraction of sp³-hybridized carbons (Fsp3) is 0.579. The van der Waals surface area contributed by atoms with Crippen molar-refractivity contribution in [1.29, 1.82) is 0 Å². The van der Waals surface area contributed by atoms with Crippen LogP contribution in [-0.4, -0.2) is 72.7 Å². The van der Waals surface area contributed by atoms with Gasteiger partial charge in [-0.25, -0.2) is 0 Å². The van der Waals surface area contributed by atoms with Gasteiger partial charge >= 0.3 is 5.97 Å². The van der Waals surface area contributed by atoms with E-state index in [1.807, 2.05) is 43.1 Å². The topological polar surface area (TPSA) is 82.1 Å². The summed E-state index contributed by atoms with van der Waals surface area (Å²) < 4.78 is 5.20. The maximum Gasteiger partial charge on any atom is 0.317 e. The summed E-state index contributed by atoms with van der Waals surface area (Å²) in [4.78, 5) is 27.3. The fourth-order valence-corrected chi connectivity index (χ4v) is 3.34. The Morgan fingerprint density at radius 2 is 2.08 bits per heavy atom. The molecule has 1 aliphatic rings. The molecule has 144 valence electrons. The van der Waals surface area contributed by atoms with Crippen molar-refractivity contribution in [2.24, 2.45) is 0 Å². The molecule has 1 unspecified atom stereocenters. The molecule has 1 atom stereocenters. The highest BCUT2D eigenvalue weighted by molar-refractivity contribution is 5.81. The number of carbonyl (C=O) groups excluding carboxylic acids is 1. The summed E-state index contributed by atoms with van der Waals surface area (Å²) in [5.41, 5.74) is 0.999. The number of rotatable bonds is 8. The molecule has 0 bridgehead atoms. The summed E-state index contributed by atoms with van der Waals surface area (Å²) in [6.07, 6.45) is 1.74. The summed E-state index contributed by atoms with van der Waals surface area (Å²) >= 11 is 0. The molecule has 1 aromatic rings. The zero-order valence-electron chi connectivity index (χ0n) is 15.8. The van der Waals surface area contributed by atoms with E-state index in [4.69, 9.17) is 9.84 Å². The van der Waals surface area contributed by atoms with Crippen molar-refractivity contribution < 1.29 is 19.4 Å². The van der Waals surface area contributed by atoms with Gasteiger partial charge in [0.2, 0.25) is 5.91 Å². The predicted octanol–water partition coefficient (Wildman–Crippen LogP) is 1.18. The zero-order valence-corrected chi connectivity index (χ0v) is 15.8. The number of hydrogen-bond donors (Lipinski definition) is 2.